The minimum atomic E-state index is -1.55. The van der Waals surface area contributed by atoms with Gasteiger partial charge in [-0.15, -0.1) is 0 Å². The van der Waals surface area contributed by atoms with Crippen molar-refractivity contribution in [2.45, 2.75) is 12.5 Å². The van der Waals surface area contributed by atoms with E-state index in [9.17, 15) is 9.50 Å². The first kappa shape index (κ1) is 15.3. The van der Waals surface area contributed by atoms with E-state index in [0.29, 0.717) is 28.3 Å². The highest BCUT2D eigenvalue weighted by Gasteiger charge is 2.34. The van der Waals surface area contributed by atoms with Gasteiger partial charge >= 0.3 is 0 Å². The van der Waals surface area contributed by atoms with Crippen LogP contribution in [0.2, 0.25) is 0 Å². The van der Waals surface area contributed by atoms with Gasteiger partial charge in [0.25, 0.3) is 0 Å². The van der Waals surface area contributed by atoms with Gasteiger partial charge in [0.15, 0.2) is 17.2 Å². The Morgan fingerprint density at radius 1 is 1.24 bits per heavy atom. The molecule has 3 aromatic heterocycles. The van der Waals surface area contributed by atoms with E-state index in [1.165, 1.54) is 23.0 Å². The SMILES string of the molecule is CC(O)(c1cc(-c2ccccc2F)no1)c1ccc2c(N)ncnn12. The summed E-state index contributed by atoms with van der Waals surface area (Å²) < 4.78 is 20.7. The molecular formula is C17H14FN5O2. The fourth-order valence-electron chi connectivity index (χ4n) is 2.75. The van der Waals surface area contributed by atoms with Crippen molar-refractivity contribution in [2.24, 2.45) is 0 Å². The molecule has 3 N–H and O–H groups in total. The molecule has 0 radical (unpaired) electrons. The predicted molar refractivity (Wildman–Crippen MR) is 88.0 cm³/mol. The first-order valence-electron chi connectivity index (χ1n) is 7.51. The van der Waals surface area contributed by atoms with Crippen LogP contribution < -0.4 is 5.73 Å². The maximum atomic E-state index is 13.9. The Balaban J connectivity index is 1.81. The largest absolute Gasteiger partial charge is 0.382 e. The zero-order valence-corrected chi connectivity index (χ0v) is 13.2. The minimum Gasteiger partial charge on any atom is -0.382 e. The lowest BCUT2D eigenvalue weighted by molar-refractivity contribution is 0.0634. The number of rotatable bonds is 3. The number of aliphatic hydroxyl groups is 1. The van der Waals surface area contributed by atoms with Gasteiger partial charge in [0.2, 0.25) is 0 Å². The molecule has 0 saturated carbocycles. The van der Waals surface area contributed by atoms with Crippen LogP contribution in [-0.2, 0) is 5.60 Å². The van der Waals surface area contributed by atoms with Crippen LogP contribution in [0.1, 0.15) is 18.4 Å². The lowest BCUT2D eigenvalue weighted by atomic mass is 9.98. The summed E-state index contributed by atoms with van der Waals surface area (Å²) in [5.74, 6) is 0.0280. The first-order valence-corrected chi connectivity index (χ1v) is 7.51. The Labute approximate surface area is 141 Å². The maximum Gasteiger partial charge on any atom is 0.174 e. The highest BCUT2D eigenvalue weighted by atomic mass is 19.1. The summed E-state index contributed by atoms with van der Waals surface area (Å²) in [6.07, 6.45) is 1.30. The van der Waals surface area contributed by atoms with Crippen molar-refractivity contribution in [1.29, 1.82) is 0 Å². The summed E-state index contributed by atoms with van der Waals surface area (Å²) in [6.45, 7) is 1.54. The van der Waals surface area contributed by atoms with Gasteiger partial charge in [-0.1, -0.05) is 17.3 Å². The summed E-state index contributed by atoms with van der Waals surface area (Å²) in [5.41, 5.74) is 5.84. The fourth-order valence-corrected chi connectivity index (χ4v) is 2.75. The monoisotopic (exact) mass is 339 g/mol. The third-order valence-corrected chi connectivity index (χ3v) is 4.12. The Morgan fingerprint density at radius 3 is 2.84 bits per heavy atom. The van der Waals surface area contributed by atoms with Crippen LogP contribution >= 0.6 is 0 Å². The smallest absolute Gasteiger partial charge is 0.174 e. The van der Waals surface area contributed by atoms with Gasteiger partial charge in [-0.25, -0.2) is 13.9 Å². The number of benzene rings is 1. The molecule has 0 aliphatic heterocycles. The van der Waals surface area contributed by atoms with Crippen LogP contribution in [0.25, 0.3) is 16.8 Å². The lowest BCUT2D eigenvalue weighted by Gasteiger charge is -2.19. The van der Waals surface area contributed by atoms with E-state index in [0.717, 1.165) is 0 Å². The molecule has 7 nitrogen and oxygen atoms in total. The molecule has 0 spiro atoms. The molecule has 4 rings (SSSR count). The van der Waals surface area contributed by atoms with Crippen LogP contribution in [0.3, 0.4) is 0 Å². The van der Waals surface area contributed by atoms with Crippen molar-refractivity contribution in [1.82, 2.24) is 19.8 Å². The molecule has 1 aromatic carbocycles. The van der Waals surface area contributed by atoms with Crippen LogP contribution in [0, 0.1) is 5.82 Å². The molecule has 0 aliphatic rings. The number of nitrogen functional groups attached to an aromatic ring is 1. The van der Waals surface area contributed by atoms with Gasteiger partial charge < -0.3 is 15.4 Å². The number of nitrogens with two attached hydrogens (primary N) is 1. The summed E-state index contributed by atoms with van der Waals surface area (Å²) in [5, 5.41) is 19.0. The molecule has 0 saturated heterocycles. The number of hydrogen-bond acceptors (Lipinski definition) is 6. The standard InChI is InChI=1S/C17H14FN5O2/c1-17(24,14-7-6-13-16(19)20-9-21-23(13)14)15-8-12(22-25-15)10-4-2-3-5-11(10)18/h2-9,24H,1H3,(H2,19,20,21). The normalized spacial score (nSPS) is 13.9. The average molecular weight is 339 g/mol. The zero-order chi connectivity index (χ0) is 17.6. The van der Waals surface area contributed by atoms with Gasteiger partial charge in [0.05, 0.1) is 5.69 Å². The first-order chi connectivity index (χ1) is 12.0. The highest BCUT2D eigenvalue weighted by molar-refractivity contribution is 5.66. The molecule has 126 valence electrons. The molecule has 3 heterocycles. The Hall–Kier alpha value is -3.26. The number of halogens is 1. The van der Waals surface area contributed by atoms with E-state index in [1.807, 2.05) is 0 Å². The summed E-state index contributed by atoms with van der Waals surface area (Å²) in [7, 11) is 0. The fraction of sp³-hybridized carbons (Fsp3) is 0.118. The van der Waals surface area contributed by atoms with Gasteiger partial charge in [-0.3, -0.25) is 0 Å². The maximum absolute atomic E-state index is 13.9. The lowest BCUT2D eigenvalue weighted by Crippen LogP contribution is -2.25. The molecule has 0 aliphatic carbocycles. The van der Waals surface area contributed by atoms with E-state index in [1.54, 1.807) is 37.3 Å². The third-order valence-electron chi connectivity index (χ3n) is 4.12. The molecule has 0 bridgehead atoms. The van der Waals surface area contributed by atoms with Crippen LogP contribution in [-0.4, -0.2) is 24.9 Å². The van der Waals surface area contributed by atoms with Crippen molar-refractivity contribution in [3.8, 4) is 11.3 Å². The highest BCUT2D eigenvalue weighted by Crippen LogP contribution is 2.33. The van der Waals surface area contributed by atoms with E-state index in [4.69, 9.17) is 10.3 Å². The molecule has 4 aromatic rings. The van der Waals surface area contributed by atoms with E-state index >= 15 is 0 Å². The molecule has 25 heavy (non-hydrogen) atoms. The Bertz CT molecular complexity index is 1070. The minimum absolute atomic E-state index is 0.155. The van der Waals surface area contributed by atoms with E-state index in [-0.39, 0.29) is 5.76 Å². The van der Waals surface area contributed by atoms with Crippen molar-refractivity contribution in [2.75, 3.05) is 5.73 Å². The van der Waals surface area contributed by atoms with Crippen molar-refractivity contribution >= 4 is 11.3 Å². The number of aromatic nitrogens is 4. The molecule has 8 heteroatoms. The van der Waals surface area contributed by atoms with Crippen molar-refractivity contribution < 1.29 is 14.0 Å². The third kappa shape index (κ3) is 2.34. The molecule has 0 fully saturated rings. The number of hydrogen-bond donors (Lipinski definition) is 2. The van der Waals surface area contributed by atoms with Gasteiger partial charge in [0, 0.05) is 11.6 Å². The quantitative estimate of drug-likeness (QED) is 0.594. The predicted octanol–water partition coefficient (Wildman–Crippen LogP) is 2.36. The van der Waals surface area contributed by atoms with Gasteiger partial charge in [-0.05, 0) is 31.2 Å². The molecule has 0 amide bonds. The van der Waals surface area contributed by atoms with Gasteiger partial charge in [-0.2, -0.15) is 5.10 Å². The van der Waals surface area contributed by atoms with E-state index < -0.39 is 11.4 Å². The second-order valence-electron chi connectivity index (χ2n) is 5.79. The average Bonchev–Trinajstić information content (AvgIpc) is 3.23. The second-order valence-corrected chi connectivity index (χ2v) is 5.79. The topological polar surface area (TPSA) is 102 Å². The Kier molecular flexibility index (Phi) is 3.29. The Morgan fingerprint density at radius 2 is 2.04 bits per heavy atom. The number of nitrogens with zero attached hydrogens (tertiary/aromatic N) is 4. The van der Waals surface area contributed by atoms with Crippen molar-refractivity contribution in [3.63, 3.8) is 0 Å². The van der Waals surface area contributed by atoms with Crippen LogP contribution in [0.5, 0.6) is 0 Å². The van der Waals surface area contributed by atoms with Gasteiger partial charge in [0.1, 0.15) is 23.4 Å². The number of fused-ring (bicyclic) bond motifs is 1. The van der Waals surface area contributed by atoms with Crippen molar-refractivity contribution in [3.05, 3.63) is 66.1 Å². The summed E-state index contributed by atoms with van der Waals surface area (Å²) in [4.78, 5) is 3.92. The molecule has 1 unspecified atom stereocenters. The van der Waals surface area contributed by atoms with Crippen LogP contribution in [0.4, 0.5) is 10.2 Å². The van der Waals surface area contributed by atoms with Crippen LogP contribution in [0.15, 0.2) is 53.3 Å². The number of anilines is 1. The summed E-state index contributed by atoms with van der Waals surface area (Å²) in [6, 6.07) is 11.1. The van der Waals surface area contributed by atoms with E-state index in [2.05, 4.69) is 15.2 Å². The molecule has 1 atom stereocenters. The second kappa shape index (κ2) is 5.38. The molecular weight excluding hydrogens is 325 g/mol. The summed E-state index contributed by atoms with van der Waals surface area (Å²) >= 11 is 0. The zero-order valence-electron chi connectivity index (χ0n) is 13.2.